The third kappa shape index (κ3) is 5.65. The Balaban J connectivity index is 2.51. The minimum atomic E-state index is -0.0834. The first-order chi connectivity index (χ1) is 14.2. The monoisotopic (exact) mass is 409 g/mol. The van der Waals surface area contributed by atoms with Crippen molar-refractivity contribution in [2.75, 3.05) is 21.3 Å². The van der Waals surface area contributed by atoms with E-state index >= 15 is 0 Å². The molecule has 2 aromatic rings. The molecule has 2 rings (SSSR count). The van der Waals surface area contributed by atoms with E-state index in [0.29, 0.717) is 5.92 Å². The molecule has 0 amide bonds. The van der Waals surface area contributed by atoms with Gasteiger partial charge in [-0.05, 0) is 48.4 Å². The predicted octanol–water partition coefficient (Wildman–Crippen LogP) is 6.73. The van der Waals surface area contributed by atoms with E-state index in [4.69, 9.17) is 19.2 Å². The van der Waals surface area contributed by atoms with Crippen LogP contribution in [-0.4, -0.2) is 27.5 Å². The number of ether oxygens (including phenoxy) is 3. The fourth-order valence-electron chi connectivity index (χ4n) is 3.22. The van der Waals surface area contributed by atoms with Gasteiger partial charge in [-0.2, -0.15) is 0 Å². The molecule has 2 aromatic carbocycles. The SMILES string of the molecule is COc1ccc(C(C)(C)C/C=C(\C)C(C)C)c(N=Cc2c(OC)cccc2OC)c1. The highest BCUT2D eigenvalue weighted by molar-refractivity contribution is 5.89. The van der Waals surface area contributed by atoms with Crippen LogP contribution in [0.4, 0.5) is 5.69 Å². The smallest absolute Gasteiger partial charge is 0.131 e. The van der Waals surface area contributed by atoms with Crippen molar-refractivity contribution < 1.29 is 14.2 Å². The lowest BCUT2D eigenvalue weighted by Gasteiger charge is -2.26. The highest BCUT2D eigenvalue weighted by Gasteiger charge is 2.23. The van der Waals surface area contributed by atoms with Crippen LogP contribution in [0.15, 0.2) is 53.0 Å². The van der Waals surface area contributed by atoms with E-state index in [2.05, 4.69) is 46.8 Å². The molecule has 0 aromatic heterocycles. The van der Waals surface area contributed by atoms with Gasteiger partial charge < -0.3 is 14.2 Å². The Morgan fingerprint density at radius 1 is 1.00 bits per heavy atom. The minimum absolute atomic E-state index is 0.0834. The lowest BCUT2D eigenvalue weighted by atomic mass is 9.79. The number of nitrogens with zero attached hydrogens (tertiary/aromatic N) is 1. The normalized spacial score (nSPS) is 12.5. The average molecular weight is 410 g/mol. The molecule has 0 spiro atoms. The van der Waals surface area contributed by atoms with E-state index in [1.54, 1.807) is 27.5 Å². The fourth-order valence-corrected chi connectivity index (χ4v) is 3.22. The summed E-state index contributed by atoms with van der Waals surface area (Å²) in [5, 5.41) is 0. The Morgan fingerprint density at radius 2 is 1.63 bits per heavy atom. The molecule has 0 fully saturated rings. The Hall–Kier alpha value is -2.75. The van der Waals surface area contributed by atoms with Crippen LogP contribution in [0.25, 0.3) is 0 Å². The van der Waals surface area contributed by atoms with Crippen LogP contribution in [-0.2, 0) is 5.41 Å². The van der Waals surface area contributed by atoms with Gasteiger partial charge in [-0.25, -0.2) is 0 Å². The lowest BCUT2D eigenvalue weighted by molar-refractivity contribution is 0.393. The van der Waals surface area contributed by atoms with E-state index in [-0.39, 0.29) is 5.41 Å². The number of aliphatic imine (C=N–C) groups is 1. The molecule has 0 bridgehead atoms. The average Bonchev–Trinajstić information content (AvgIpc) is 2.75. The predicted molar refractivity (Wildman–Crippen MR) is 126 cm³/mol. The van der Waals surface area contributed by atoms with Crippen molar-refractivity contribution in [1.82, 2.24) is 0 Å². The van der Waals surface area contributed by atoms with Crippen LogP contribution < -0.4 is 14.2 Å². The second-order valence-electron chi connectivity index (χ2n) is 8.41. The van der Waals surface area contributed by atoms with Gasteiger partial charge in [0, 0.05) is 12.3 Å². The second-order valence-corrected chi connectivity index (χ2v) is 8.41. The largest absolute Gasteiger partial charge is 0.497 e. The van der Waals surface area contributed by atoms with Crippen molar-refractivity contribution in [1.29, 1.82) is 0 Å². The Kier molecular flexibility index (Phi) is 8.10. The summed E-state index contributed by atoms with van der Waals surface area (Å²) >= 11 is 0. The second kappa shape index (κ2) is 10.3. The molecule has 4 heteroatoms. The van der Waals surface area contributed by atoms with E-state index < -0.39 is 0 Å². The highest BCUT2D eigenvalue weighted by atomic mass is 16.5. The number of methoxy groups -OCH3 is 3. The van der Waals surface area contributed by atoms with Crippen LogP contribution in [0.5, 0.6) is 17.2 Å². The molecule has 0 heterocycles. The summed E-state index contributed by atoms with van der Waals surface area (Å²) in [5.41, 5.74) is 4.18. The third-order valence-electron chi connectivity index (χ3n) is 5.58. The van der Waals surface area contributed by atoms with Crippen LogP contribution in [0.3, 0.4) is 0 Å². The first kappa shape index (κ1) is 23.5. The zero-order valence-electron chi connectivity index (χ0n) is 19.6. The fraction of sp³-hybridized carbons (Fsp3) is 0.423. The molecule has 162 valence electrons. The first-order valence-electron chi connectivity index (χ1n) is 10.3. The third-order valence-corrected chi connectivity index (χ3v) is 5.58. The summed E-state index contributed by atoms with van der Waals surface area (Å²) in [6.07, 6.45) is 5.08. The molecule has 0 saturated carbocycles. The molecule has 0 saturated heterocycles. The standard InChI is InChI=1S/C26H35NO3/c1-18(2)19(3)14-15-26(4,5)22-13-12-20(28-6)16-23(22)27-17-21-24(29-7)10-9-11-25(21)30-8/h9-14,16-18H,15H2,1-8H3/b19-14+,27-17?. The van der Waals surface area contributed by atoms with Gasteiger partial charge >= 0.3 is 0 Å². The van der Waals surface area contributed by atoms with E-state index in [0.717, 1.165) is 34.9 Å². The van der Waals surface area contributed by atoms with Crippen molar-refractivity contribution in [3.05, 3.63) is 59.2 Å². The Bertz CT molecular complexity index is 888. The molecule has 0 atom stereocenters. The minimum Gasteiger partial charge on any atom is -0.497 e. The van der Waals surface area contributed by atoms with Crippen molar-refractivity contribution in [3.8, 4) is 17.2 Å². The maximum Gasteiger partial charge on any atom is 0.131 e. The van der Waals surface area contributed by atoms with Gasteiger partial charge in [-0.15, -0.1) is 0 Å². The molecule has 0 N–H and O–H groups in total. The summed E-state index contributed by atoms with van der Waals surface area (Å²) in [6, 6.07) is 11.8. The summed E-state index contributed by atoms with van der Waals surface area (Å²) in [6.45, 7) is 11.1. The Labute approximate surface area is 181 Å². The van der Waals surface area contributed by atoms with Crippen molar-refractivity contribution in [3.63, 3.8) is 0 Å². The highest BCUT2D eigenvalue weighted by Crippen LogP contribution is 2.38. The molecule has 0 aliphatic rings. The number of allylic oxidation sites excluding steroid dienone is 2. The molecule has 0 unspecified atom stereocenters. The maximum atomic E-state index is 5.50. The van der Waals surface area contributed by atoms with Gasteiger partial charge in [0.1, 0.15) is 17.2 Å². The molecule has 30 heavy (non-hydrogen) atoms. The van der Waals surface area contributed by atoms with Crippen LogP contribution in [0, 0.1) is 5.92 Å². The summed E-state index contributed by atoms with van der Waals surface area (Å²) in [4.78, 5) is 4.85. The van der Waals surface area contributed by atoms with Gasteiger partial charge in [0.2, 0.25) is 0 Å². The first-order valence-corrected chi connectivity index (χ1v) is 10.3. The summed E-state index contributed by atoms with van der Waals surface area (Å²) < 4.78 is 16.5. The van der Waals surface area contributed by atoms with Crippen LogP contribution in [0.2, 0.25) is 0 Å². The number of rotatable bonds is 9. The quantitative estimate of drug-likeness (QED) is 0.340. The zero-order valence-corrected chi connectivity index (χ0v) is 19.6. The molecule has 0 aliphatic carbocycles. The molecule has 0 radical (unpaired) electrons. The van der Waals surface area contributed by atoms with Crippen molar-refractivity contribution >= 4 is 11.9 Å². The van der Waals surface area contributed by atoms with Gasteiger partial charge in [0.15, 0.2) is 0 Å². The lowest BCUT2D eigenvalue weighted by Crippen LogP contribution is -2.16. The number of hydrogen-bond acceptors (Lipinski definition) is 4. The van der Waals surface area contributed by atoms with E-state index in [9.17, 15) is 0 Å². The Morgan fingerprint density at radius 3 is 2.17 bits per heavy atom. The van der Waals surface area contributed by atoms with Crippen molar-refractivity contribution in [2.24, 2.45) is 10.9 Å². The molecular formula is C26H35NO3. The molecule has 4 nitrogen and oxygen atoms in total. The topological polar surface area (TPSA) is 40.0 Å². The molecular weight excluding hydrogens is 374 g/mol. The summed E-state index contributed by atoms with van der Waals surface area (Å²) in [5.74, 6) is 2.77. The van der Waals surface area contributed by atoms with Crippen LogP contribution >= 0.6 is 0 Å². The summed E-state index contributed by atoms with van der Waals surface area (Å²) in [7, 11) is 4.97. The van der Waals surface area contributed by atoms with Crippen molar-refractivity contribution in [2.45, 2.75) is 46.5 Å². The molecule has 0 aliphatic heterocycles. The van der Waals surface area contributed by atoms with E-state index in [1.165, 1.54) is 11.1 Å². The van der Waals surface area contributed by atoms with E-state index in [1.807, 2.05) is 30.3 Å². The number of hydrogen-bond donors (Lipinski definition) is 0. The van der Waals surface area contributed by atoms with Gasteiger partial charge in [-0.3, -0.25) is 4.99 Å². The van der Waals surface area contributed by atoms with Gasteiger partial charge in [0.25, 0.3) is 0 Å². The van der Waals surface area contributed by atoms with Crippen LogP contribution in [0.1, 0.15) is 52.2 Å². The van der Waals surface area contributed by atoms with Gasteiger partial charge in [-0.1, -0.05) is 51.5 Å². The van der Waals surface area contributed by atoms with Gasteiger partial charge in [0.05, 0.1) is 32.6 Å². The maximum absolute atomic E-state index is 5.50. The zero-order chi connectivity index (χ0) is 22.3. The number of benzene rings is 2.